The zero-order chi connectivity index (χ0) is 21.7. The van der Waals surface area contributed by atoms with Gasteiger partial charge in [-0.05, 0) is 67.7 Å². The minimum absolute atomic E-state index is 0.283. The Labute approximate surface area is 185 Å². The molecule has 0 bridgehead atoms. The predicted octanol–water partition coefficient (Wildman–Crippen LogP) is 6.66. The summed E-state index contributed by atoms with van der Waals surface area (Å²) in [4.78, 5) is 12.5. The SMILES string of the molecule is COc1ccc(/C=C2\C=C(Cc3cc4ccc5cccc6ccc(c3)c4c56)C(=O)O2)cc1. The van der Waals surface area contributed by atoms with Crippen molar-refractivity contribution in [3.8, 4) is 5.75 Å². The first-order chi connectivity index (χ1) is 15.7. The van der Waals surface area contributed by atoms with Gasteiger partial charge in [-0.3, -0.25) is 0 Å². The lowest BCUT2D eigenvalue weighted by atomic mass is 9.91. The van der Waals surface area contributed by atoms with Crippen molar-refractivity contribution < 1.29 is 14.3 Å². The number of rotatable bonds is 4. The molecule has 5 aromatic rings. The fraction of sp³-hybridized carbons (Fsp3) is 0.0690. The van der Waals surface area contributed by atoms with Crippen LogP contribution in [0.5, 0.6) is 5.75 Å². The third kappa shape index (κ3) is 3.10. The molecule has 0 amide bonds. The van der Waals surface area contributed by atoms with Gasteiger partial charge in [-0.2, -0.15) is 0 Å². The Morgan fingerprint density at radius 3 is 2.09 bits per heavy atom. The third-order valence-corrected chi connectivity index (χ3v) is 6.13. The maximum absolute atomic E-state index is 12.5. The van der Waals surface area contributed by atoms with Gasteiger partial charge in [0.2, 0.25) is 0 Å². The van der Waals surface area contributed by atoms with Crippen LogP contribution in [0.4, 0.5) is 0 Å². The topological polar surface area (TPSA) is 35.5 Å². The van der Waals surface area contributed by atoms with E-state index in [1.807, 2.05) is 36.4 Å². The number of cyclic esters (lactones) is 1. The molecule has 0 radical (unpaired) electrons. The zero-order valence-electron chi connectivity index (χ0n) is 17.6. The molecule has 0 N–H and O–H groups in total. The molecule has 5 aromatic carbocycles. The van der Waals surface area contributed by atoms with E-state index in [2.05, 4.69) is 54.6 Å². The number of carbonyl (C=O) groups excluding carboxylic acids is 1. The molecular formula is C29H20O3. The summed E-state index contributed by atoms with van der Waals surface area (Å²) >= 11 is 0. The molecule has 6 rings (SSSR count). The molecule has 32 heavy (non-hydrogen) atoms. The van der Waals surface area contributed by atoms with E-state index in [1.165, 1.54) is 32.3 Å². The van der Waals surface area contributed by atoms with Crippen LogP contribution < -0.4 is 4.74 Å². The first-order valence-electron chi connectivity index (χ1n) is 10.6. The monoisotopic (exact) mass is 416 g/mol. The van der Waals surface area contributed by atoms with Gasteiger partial charge in [-0.1, -0.05) is 66.7 Å². The van der Waals surface area contributed by atoms with Gasteiger partial charge in [0.15, 0.2) is 0 Å². The molecule has 0 unspecified atom stereocenters. The third-order valence-electron chi connectivity index (χ3n) is 6.13. The molecule has 0 aliphatic carbocycles. The molecule has 0 spiro atoms. The molecule has 0 fully saturated rings. The highest BCUT2D eigenvalue weighted by atomic mass is 16.5. The lowest BCUT2D eigenvalue weighted by Gasteiger charge is -2.12. The van der Waals surface area contributed by atoms with Gasteiger partial charge in [-0.25, -0.2) is 4.79 Å². The van der Waals surface area contributed by atoms with Crippen LogP contribution in [-0.2, 0) is 16.0 Å². The Morgan fingerprint density at radius 1 is 0.812 bits per heavy atom. The first kappa shape index (κ1) is 18.6. The van der Waals surface area contributed by atoms with Crippen molar-refractivity contribution in [1.29, 1.82) is 0 Å². The van der Waals surface area contributed by atoms with Crippen molar-refractivity contribution in [2.45, 2.75) is 6.42 Å². The molecule has 0 aromatic heterocycles. The summed E-state index contributed by atoms with van der Waals surface area (Å²) in [6.07, 6.45) is 4.25. The van der Waals surface area contributed by atoms with E-state index < -0.39 is 0 Å². The van der Waals surface area contributed by atoms with Gasteiger partial charge in [0, 0.05) is 12.0 Å². The Balaban J connectivity index is 1.35. The van der Waals surface area contributed by atoms with Gasteiger partial charge in [-0.15, -0.1) is 0 Å². The number of hydrogen-bond acceptors (Lipinski definition) is 3. The van der Waals surface area contributed by atoms with Crippen LogP contribution in [0.3, 0.4) is 0 Å². The van der Waals surface area contributed by atoms with E-state index in [9.17, 15) is 4.79 Å². The first-order valence-corrected chi connectivity index (χ1v) is 10.6. The average Bonchev–Trinajstić information content (AvgIpc) is 3.16. The highest BCUT2D eigenvalue weighted by Gasteiger charge is 2.22. The van der Waals surface area contributed by atoms with E-state index in [0.717, 1.165) is 16.9 Å². The van der Waals surface area contributed by atoms with Gasteiger partial charge < -0.3 is 9.47 Å². The molecular weight excluding hydrogens is 396 g/mol. The number of ether oxygens (including phenoxy) is 2. The van der Waals surface area contributed by atoms with E-state index >= 15 is 0 Å². The maximum atomic E-state index is 12.5. The molecule has 154 valence electrons. The summed E-state index contributed by atoms with van der Waals surface area (Å²) in [6, 6.07) is 27.1. The van der Waals surface area contributed by atoms with Crippen molar-refractivity contribution in [2.24, 2.45) is 0 Å². The molecule has 1 heterocycles. The van der Waals surface area contributed by atoms with Crippen LogP contribution in [-0.4, -0.2) is 13.1 Å². The van der Waals surface area contributed by atoms with E-state index in [0.29, 0.717) is 17.8 Å². The summed E-state index contributed by atoms with van der Waals surface area (Å²) in [7, 11) is 1.64. The minimum atomic E-state index is -0.283. The highest BCUT2D eigenvalue weighted by Crippen LogP contribution is 2.36. The molecule has 0 saturated heterocycles. The number of allylic oxidation sites excluding steroid dienone is 1. The molecule has 3 heteroatoms. The van der Waals surface area contributed by atoms with Crippen LogP contribution in [0.15, 0.2) is 96.3 Å². The van der Waals surface area contributed by atoms with Crippen LogP contribution in [0, 0.1) is 0 Å². The van der Waals surface area contributed by atoms with Crippen molar-refractivity contribution in [3.05, 3.63) is 107 Å². The van der Waals surface area contributed by atoms with Crippen LogP contribution >= 0.6 is 0 Å². The number of hydrogen-bond donors (Lipinski definition) is 0. The van der Waals surface area contributed by atoms with Crippen LogP contribution in [0.1, 0.15) is 11.1 Å². The van der Waals surface area contributed by atoms with Gasteiger partial charge in [0.1, 0.15) is 11.5 Å². The van der Waals surface area contributed by atoms with Gasteiger partial charge in [0.25, 0.3) is 0 Å². The van der Waals surface area contributed by atoms with Gasteiger partial charge in [0.05, 0.1) is 7.11 Å². The number of methoxy groups -OCH3 is 1. The van der Waals surface area contributed by atoms with Crippen molar-refractivity contribution in [2.75, 3.05) is 7.11 Å². The normalized spacial score (nSPS) is 15.1. The molecule has 1 aliphatic rings. The lowest BCUT2D eigenvalue weighted by Crippen LogP contribution is -2.02. The van der Waals surface area contributed by atoms with Crippen molar-refractivity contribution in [3.63, 3.8) is 0 Å². The fourth-order valence-corrected chi connectivity index (χ4v) is 4.63. The molecule has 0 atom stereocenters. The predicted molar refractivity (Wildman–Crippen MR) is 129 cm³/mol. The van der Waals surface area contributed by atoms with E-state index in [4.69, 9.17) is 9.47 Å². The molecule has 1 aliphatic heterocycles. The summed E-state index contributed by atoms with van der Waals surface area (Å²) in [5.41, 5.74) is 2.72. The lowest BCUT2D eigenvalue weighted by molar-refractivity contribution is -0.133. The zero-order valence-corrected chi connectivity index (χ0v) is 17.6. The average molecular weight is 416 g/mol. The van der Waals surface area contributed by atoms with Crippen LogP contribution in [0.25, 0.3) is 38.4 Å². The Kier molecular flexibility index (Phi) is 4.22. The Morgan fingerprint density at radius 2 is 1.44 bits per heavy atom. The van der Waals surface area contributed by atoms with Crippen LogP contribution in [0.2, 0.25) is 0 Å². The fourth-order valence-electron chi connectivity index (χ4n) is 4.63. The quantitative estimate of drug-likeness (QED) is 0.243. The largest absolute Gasteiger partial charge is 0.497 e. The number of esters is 1. The second-order valence-corrected chi connectivity index (χ2v) is 8.18. The molecule has 3 nitrogen and oxygen atoms in total. The standard InChI is InChI=1S/C29H20O3/c1-31-25-11-5-18(6-12-25)16-26-17-24(29(30)32-26)15-19-13-22-9-7-20-3-2-4-21-8-10-23(14-19)28(22)27(20)21/h2-14,16-17H,15H2,1H3/b26-16+. The number of benzene rings is 5. The van der Waals surface area contributed by atoms with Gasteiger partial charge >= 0.3 is 5.97 Å². The smallest absolute Gasteiger partial charge is 0.339 e. The van der Waals surface area contributed by atoms with Crippen molar-refractivity contribution in [1.82, 2.24) is 0 Å². The Hall–Kier alpha value is -4.11. The minimum Gasteiger partial charge on any atom is -0.497 e. The summed E-state index contributed by atoms with van der Waals surface area (Å²) in [5, 5.41) is 7.49. The van der Waals surface area contributed by atoms with Crippen molar-refractivity contribution >= 4 is 44.4 Å². The highest BCUT2D eigenvalue weighted by molar-refractivity contribution is 6.23. The second-order valence-electron chi connectivity index (χ2n) is 8.18. The summed E-state index contributed by atoms with van der Waals surface area (Å²) in [6.45, 7) is 0. The summed E-state index contributed by atoms with van der Waals surface area (Å²) < 4.78 is 10.7. The van der Waals surface area contributed by atoms with E-state index in [-0.39, 0.29) is 5.97 Å². The number of carbonyl (C=O) groups is 1. The maximum Gasteiger partial charge on any atom is 0.339 e. The Bertz CT molecular complexity index is 1490. The molecule has 0 saturated carbocycles. The van der Waals surface area contributed by atoms with E-state index in [1.54, 1.807) is 7.11 Å². The summed E-state index contributed by atoms with van der Waals surface area (Å²) in [5.74, 6) is 1.07. The second kappa shape index (κ2) is 7.24.